The van der Waals surface area contributed by atoms with Gasteiger partial charge in [0.15, 0.2) is 8.32 Å². The van der Waals surface area contributed by atoms with Crippen LogP contribution in [0.5, 0.6) is 0 Å². The SMILES string of the molecule is COC(=O)Cc1cc(CO[Si](C)(C)C(C)(C)C)c(Br)cc1C. The number of carbonyl (C=O) groups is 1. The Morgan fingerprint density at radius 3 is 2.32 bits per heavy atom. The average molecular weight is 387 g/mol. The maximum absolute atomic E-state index is 11.5. The molecule has 0 aliphatic rings. The highest BCUT2D eigenvalue weighted by Gasteiger charge is 2.37. The summed E-state index contributed by atoms with van der Waals surface area (Å²) in [4.78, 5) is 11.5. The van der Waals surface area contributed by atoms with Gasteiger partial charge in [-0.15, -0.1) is 0 Å². The zero-order chi connectivity index (χ0) is 17.1. The van der Waals surface area contributed by atoms with Gasteiger partial charge in [-0.25, -0.2) is 0 Å². The Kier molecular flexibility index (Phi) is 6.42. The molecule has 0 atom stereocenters. The molecule has 0 aliphatic carbocycles. The van der Waals surface area contributed by atoms with Crippen molar-refractivity contribution >= 4 is 30.2 Å². The number of aryl methyl sites for hydroxylation is 1. The largest absolute Gasteiger partial charge is 0.469 e. The molecule has 3 nitrogen and oxygen atoms in total. The summed E-state index contributed by atoms with van der Waals surface area (Å²) in [5, 5.41) is 0.180. The van der Waals surface area contributed by atoms with Crippen LogP contribution in [-0.2, 0) is 27.0 Å². The highest BCUT2D eigenvalue weighted by molar-refractivity contribution is 9.10. The van der Waals surface area contributed by atoms with Crippen LogP contribution >= 0.6 is 15.9 Å². The zero-order valence-corrected chi connectivity index (χ0v) is 17.3. The van der Waals surface area contributed by atoms with Crippen molar-refractivity contribution in [3.05, 3.63) is 33.3 Å². The molecule has 0 heterocycles. The maximum Gasteiger partial charge on any atom is 0.309 e. The first-order valence-corrected chi connectivity index (χ1v) is 11.2. The second-order valence-electron chi connectivity index (χ2n) is 7.17. The molecule has 0 unspecified atom stereocenters. The Morgan fingerprint density at radius 1 is 1.23 bits per heavy atom. The standard InChI is InChI=1S/C17H27BrO3Si/c1-12-8-15(18)14(9-13(12)10-16(19)20-5)11-21-22(6,7)17(2,3)4/h8-9H,10-11H2,1-7H3. The smallest absolute Gasteiger partial charge is 0.309 e. The topological polar surface area (TPSA) is 35.5 Å². The van der Waals surface area contributed by atoms with Crippen LogP contribution in [0.25, 0.3) is 0 Å². The third kappa shape index (κ3) is 4.93. The molecule has 0 saturated carbocycles. The molecular weight excluding hydrogens is 360 g/mol. The normalized spacial score (nSPS) is 12.4. The number of methoxy groups -OCH3 is 1. The van der Waals surface area contributed by atoms with E-state index in [1.54, 1.807) is 0 Å². The van der Waals surface area contributed by atoms with E-state index in [4.69, 9.17) is 9.16 Å². The van der Waals surface area contributed by atoms with Crippen molar-refractivity contribution in [1.29, 1.82) is 0 Å². The Bertz CT molecular complexity index is 548. The number of hydrogen-bond donors (Lipinski definition) is 0. The van der Waals surface area contributed by atoms with Gasteiger partial charge in [0.2, 0.25) is 0 Å². The van der Waals surface area contributed by atoms with Crippen molar-refractivity contribution in [1.82, 2.24) is 0 Å². The van der Waals surface area contributed by atoms with E-state index in [0.717, 1.165) is 21.2 Å². The quantitative estimate of drug-likeness (QED) is 0.527. The molecule has 0 spiro atoms. The Morgan fingerprint density at radius 2 is 1.82 bits per heavy atom. The van der Waals surface area contributed by atoms with E-state index >= 15 is 0 Å². The molecule has 0 N–H and O–H groups in total. The van der Waals surface area contributed by atoms with Gasteiger partial charge in [0.05, 0.1) is 20.1 Å². The van der Waals surface area contributed by atoms with E-state index in [9.17, 15) is 4.79 Å². The number of carbonyl (C=O) groups excluding carboxylic acids is 1. The molecule has 0 aliphatic heterocycles. The first kappa shape index (κ1) is 19.4. The minimum Gasteiger partial charge on any atom is -0.469 e. The van der Waals surface area contributed by atoms with Crippen LogP contribution in [0.2, 0.25) is 18.1 Å². The number of benzene rings is 1. The predicted octanol–water partition coefficient (Wildman–Crippen LogP) is 4.99. The van der Waals surface area contributed by atoms with Gasteiger partial charge in [-0.3, -0.25) is 4.79 Å². The summed E-state index contributed by atoms with van der Waals surface area (Å²) in [5.41, 5.74) is 3.14. The van der Waals surface area contributed by atoms with Crippen molar-refractivity contribution in [2.45, 2.75) is 58.9 Å². The molecule has 124 valence electrons. The Hall–Kier alpha value is -0.653. The second-order valence-corrected chi connectivity index (χ2v) is 12.8. The molecule has 0 fully saturated rings. The summed E-state index contributed by atoms with van der Waals surface area (Å²) in [7, 11) is -0.378. The van der Waals surface area contributed by atoms with Crippen LogP contribution < -0.4 is 0 Å². The van der Waals surface area contributed by atoms with Crippen LogP contribution in [-0.4, -0.2) is 21.4 Å². The molecule has 1 rings (SSSR count). The van der Waals surface area contributed by atoms with Gasteiger partial charge in [-0.1, -0.05) is 42.8 Å². The van der Waals surface area contributed by atoms with E-state index in [2.05, 4.69) is 49.8 Å². The van der Waals surface area contributed by atoms with Crippen molar-refractivity contribution < 1.29 is 14.0 Å². The van der Waals surface area contributed by atoms with E-state index in [1.807, 2.05) is 19.1 Å². The number of ether oxygens (including phenoxy) is 1. The lowest BCUT2D eigenvalue weighted by atomic mass is 10.0. The fraction of sp³-hybridized carbons (Fsp3) is 0.588. The number of hydrogen-bond acceptors (Lipinski definition) is 3. The van der Waals surface area contributed by atoms with Crippen molar-refractivity contribution in [2.24, 2.45) is 0 Å². The predicted molar refractivity (Wildman–Crippen MR) is 96.6 cm³/mol. The molecule has 1 aromatic rings. The molecular formula is C17H27BrO3Si. The summed E-state index contributed by atoms with van der Waals surface area (Å²) >= 11 is 3.60. The fourth-order valence-corrected chi connectivity index (χ4v) is 3.29. The lowest BCUT2D eigenvalue weighted by molar-refractivity contribution is -0.139. The van der Waals surface area contributed by atoms with Gasteiger partial charge in [0.1, 0.15) is 0 Å². The van der Waals surface area contributed by atoms with Crippen LogP contribution in [0.4, 0.5) is 0 Å². The maximum atomic E-state index is 11.5. The van der Waals surface area contributed by atoms with Gasteiger partial charge in [0, 0.05) is 4.47 Å². The van der Waals surface area contributed by atoms with Gasteiger partial charge < -0.3 is 9.16 Å². The van der Waals surface area contributed by atoms with E-state index in [0.29, 0.717) is 13.0 Å². The van der Waals surface area contributed by atoms with Crippen LogP contribution in [0.3, 0.4) is 0 Å². The van der Waals surface area contributed by atoms with Crippen molar-refractivity contribution in [3.63, 3.8) is 0 Å². The molecule has 0 saturated heterocycles. The summed E-state index contributed by atoms with van der Waals surface area (Å²) in [6.45, 7) is 13.7. The lowest BCUT2D eigenvalue weighted by Crippen LogP contribution is -2.40. The van der Waals surface area contributed by atoms with Gasteiger partial charge in [-0.05, 0) is 47.8 Å². The summed E-state index contributed by atoms with van der Waals surface area (Å²) in [6.07, 6.45) is 0.294. The molecule has 0 radical (unpaired) electrons. The fourth-order valence-electron chi connectivity index (χ4n) is 1.77. The van der Waals surface area contributed by atoms with Crippen molar-refractivity contribution in [3.8, 4) is 0 Å². The van der Waals surface area contributed by atoms with Crippen LogP contribution in [0.15, 0.2) is 16.6 Å². The van der Waals surface area contributed by atoms with Gasteiger partial charge >= 0.3 is 5.97 Å². The molecule has 1 aromatic carbocycles. The first-order chi connectivity index (χ1) is 9.98. The zero-order valence-electron chi connectivity index (χ0n) is 14.7. The van der Waals surface area contributed by atoms with Crippen molar-refractivity contribution in [2.75, 3.05) is 7.11 Å². The first-order valence-electron chi connectivity index (χ1n) is 7.46. The second kappa shape index (κ2) is 7.28. The minimum absolute atomic E-state index is 0.180. The molecule has 0 aromatic heterocycles. The van der Waals surface area contributed by atoms with Gasteiger partial charge in [0.25, 0.3) is 0 Å². The van der Waals surface area contributed by atoms with Crippen LogP contribution in [0, 0.1) is 6.92 Å². The number of esters is 1. The number of rotatable bonds is 5. The third-order valence-corrected chi connectivity index (χ3v) is 9.68. The summed E-state index contributed by atoms with van der Waals surface area (Å²) in [5.74, 6) is -0.221. The molecule has 0 bridgehead atoms. The Labute approximate surface area is 143 Å². The highest BCUT2D eigenvalue weighted by atomic mass is 79.9. The molecule has 22 heavy (non-hydrogen) atoms. The highest BCUT2D eigenvalue weighted by Crippen LogP contribution is 2.37. The average Bonchev–Trinajstić information content (AvgIpc) is 2.39. The molecule has 0 amide bonds. The summed E-state index contributed by atoms with van der Waals surface area (Å²) in [6, 6.07) is 4.09. The Balaban J connectivity index is 2.96. The minimum atomic E-state index is -1.79. The van der Waals surface area contributed by atoms with E-state index in [1.165, 1.54) is 7.11 Å². The van der Waals surface area contributed by atoms with E-state index < -0.39 is 8.32 Å². The van der Waals surface area contributed by atoms with E-state index in [-0.39, 0.29) is 11.0 Å². The lowest BCUT2D eigenvalue weighted by Gasteiger charge is -2.36. The number of halogens is 1. The monoisotopic (exact) mass is 386 g/mol. The molecule has 5 heteroatoms. The third-order valence-electron chi connectivity index (χ3n) is 4.46. The van der Waals surface area contributed by atoms with Crippen LogP contribution in [0.1, 0.15) is 37.5 Å². The van der Waals surface area contributed by atoms with Gasteiger partial charge in [-0.2, -0.15) is 0 Å². The summed E-state index contributed by atoms with van der Waals surface area (Å²) < 4.78 is 12.1.